The highest BCUT2D eigenvalue weighted by molar-refractivity contribution is 5.98. The molecule has 0 bridgehead atoms. The molecule has 0 radical (unpaired) electrons. The summed E-state index contributed by atoms with van der Waals surface area (Å²) < 4.78 is 44.8. The van der Waals surface area contributed by atoms with Crippen molar-refractivity contribution in [1.29, 1.82) is 0 Å². The summed E-state index contributed by atoms with van der Waals surface area (Å²) in [6, 6.07) is 4.65. The Balaban J connectivity index is 2.46. The molecular weight excluding hydrogens is 277 g/mol. The van der Waals surface area contributed by atoms with Gasteiger partial charge in [0, 0.05) is 6.54 Å². The lowest BCUT2D eigenvalue weighted by molar-refractivity contribution is -0.173. The van der Waals surface area contributed by atoms with Crippen LogP contribution in [0, 0.1) is 0 Å². The van der Waals surface area contributed by atoms with E-state index in [2.05, 4.69) is 10.1 Å². The average molecular weight is 292 g/mol. The van der Waals surface area contributed by atoms with Crippen molar-refractivity contribution in [1.82, 2.24) is 5.32 Å². The number of nitrogens with two attached hydrogens (primary N) is 1. The number of anilines is 1. The standard InChI is InChI=1S/C12H15F3N2O3/c1-19-10-8(3-2-4-9(10)16)11(18)17-5-6-20-7-12(13,14)15/h2-4H,5-7,16H2,1H3,(H,17,18). The summed E-state index contributed by atoms with van der Waals surface area (Å²) in [4.78, 5) is 11.8. The number of halogens is 3. The first-order chi connectivity index (χ1) is 9.35. The van der Waals surface area contributed by atoms with E-state index in [0.29, 0.717) is 5.69 Å². The molecule has 5 nitrogen and oxygen atoms in total. The molecule has 0 atom stereocenters. The number of nitrogen functional groups attached to an aromatic ring is 1. The number of para-hydroxylation sites is 1. The van der Waals surface area contributed by atoms with Crippen LogP contribution in [0.1, 0.15) is 10.4 Å². The summed E-state index contributed by atoms with van der Waals surface area (Å²) in [5.74, 6) is -0.272. The smallest absolute Gasteiger partial charge is 0.411 e. The Labute approximate surface area is 113 Å². The van der Waals surface area contributed by atoms with E-state index in [4.69, 9.17) is 10.5 Å². The van der Waals surface area contributed by atoms with Crippen LogP contribution in [-0.4, -0.2) is 39.0 Å². The van der Waals surface area contributed by atoms with Crippen LogP contribution in [0.25, 0.3) is 0 Å². The van der Waals surface area contributed by atoms with Gasteiger partial charge >= 0.3 is 6.18 Å². The number of hydrogen-bond acceptors (Lipinski definition) is 4. The number of alkyl halides is 3. The molecule has 0 aromatic heterocycles. The molecule has 20 heavy (non-hydrogen) atoms. The van der Waals surface area contributed by atoms with Crippen molar-refractivity contribution in [3.8, 4) is 5.75 Å². The first kappa shape index (κ1) is 16.1. The van der Waals surface area contributed by atoms with Gasteiger partial charge in [-0.05, 0) is 12.1 Å². The minimum absolute atomic E-state index is 0.0487. The molecule has 1 amide bonds. The lowest BCUT2D eigenvalue weighted by Crippen LogP contribution is -2.29. The molecule has 1 aromatic carbocycles. The van der Waals surface area contributed by atoms with Crippen molar-refractivity contribution in [2.24, 2.45) is 0 Å². The molecule has 0 saturated carbocycles. The van der Waals surface area contributed by atoms with Crippen molar-refractivity contribution < 1.29 is 27.4 Å². The fraction of sp³-hybridized carbons (Fsp3) is 0.417. The number of carbonyl (C=O) groups is 1. The first-order valence-electron chi connectivity index (χ1n) is 5.70. The van der Waals surface area contributed by atoms with Gasteiger partial charge in [0.2, 0.25) is 0 Å². The number of benzene rings is 1. The van der Waals surface area contributed by atoms with E-state index in [1.807, 2.05) is 0 Å². The van der Waals surface area contributed by atoms with Crippen LogP contribution in [0.4, 0.5) is 18.9 Å². The van der Waals surface area contributed by atoms with Crippen molar-refractivity contribution >= 4 is 11.6 Å². The highest BCUT2D eigenvalue weighted by Crippen LogP contribution is 2.25. The summed E-state index contributed by atoms with van der Waals surface area (Å²) in [6.07, 6.45) is -4.37. The minimum Gasteiger partial charge on any atom is -0.494 e. The first-order valence-corrected chi connectivity index (χ1v) is 5.70. The van der Waals surface area contributed by atoms with Gasteiger partial charge in [-0.3, -0.25) is 4.79 Å². The number of amides is 1. The van der Waals surface area contributed by atoms with Crippen LogP contribution in [0.2, 0.25) is 0 Å². The maximum absolute atomic E-state index is 11.8. The van der Waals surface area contributed by atoms with Gasteiger partial charge in [0.15, 0.2) is 5.75 Å². The van der Waals surface area contributed by atoms with Gasteiger partial charge in [0.1, 0.15) is 6.61 Å². The average Bonchev–Trinajstić information content (AvgIpc) is 2.36. The molecule has 1 aromatic rings. The van der Waals surface area contributed by atoms with Crippen LogP contribution >= 0.6 is 0 Å². The molecule has 0 fully saturated rings. The predicted octanol–water partition coefficient (Wildman–Crippen LogP) is 1.59. The normalized spacial score (nSPS) is 11.2. The van der Waals surface area contributed by atoms with Gasteiger partial charge < -0.3 is 20.5 Å². The van der Waals surface area contributed by atoms with Gasteiger partial charge in [-0.15, -0.1) is 0 Å². The Morgan fingerprint density at radius 2 is 2.10 bits per heavy atom. The maximum Gasteiger partial charge on any atom is 0.411 e. The molecule has 3 N–H and O–H groups in total. The number of rotatable bonds is 6. The number of nitrogens with one attached hydrogen (secondary N) is 1. The molecule has 112 valence electrons. The van der Waals surface area contributed by atoms with Crippen molar-refractivity contribution in [3.05, 3.63) is 23.8 Å². The van der Waals surface area contributed by atoms with E-state index in [1.165, 1.54) is 13.2 Å². The van der Waals surface area contributed by atoms with Crippen molar-refractivity contribution in [2.45, 2.75) is 6.18 Å². The van der Waals surface area contributed by atoms with Gasteiger partial charge in [0.25, 0.3) is 5.91 Å². The zero-order chi connectivity index (χ0) is 15.2. The van der Waals surface area contributed by atoms with Crippen molar-refractivity contribution in [3.63, 3.8) is 0 Å². The number of hydrogen-bond donors (Lipinski definition) is 2. The number of ether oxygens (including phenoxy) is 2. The second-order valence-corrected chi connectivity index (χ2v) is 3.85. The van der Waals surface area contributed by atoms with Crippen molar-refractivity contribution in [2.75, 3.05) is 32.6 Å². The van der Waals surface area contributed by atoms with Crippen LogP contribution in [0.15, 0.2) is 18.2 Å². The van der Waals surface area contributed by atoms with Crippen LogP contribution < -0.4 is 15.8 Å². The Bertz CT molecular complexity index is 464. The van der Waals surface area contributed by atoms with Crippen LogP contribution in [0.3, 0.4) is 0 Å². The Morgan fingerprint density at radius 1 is 1.40 bits per heavy atom. The molecule has 1 rings (SSSR count). The van der Waals surface area contributed by atoms with Gasteiger partial charge in [-0.2, -0.15) is 13.2 Å². The lowest BCUT2D eigenvalue weighted by Gasteiger charge is -2.11. The quantitative estimate of drug-likeness (QED) is 0.617. The summed E-state index contributed by atoms with van der Waals surface area (Å²) in [7, 11) is 1.37. The summed E-state index contributed by atoms with van der Waals surface area (Å²) in [5.41, 5.74) is 6.15. The van der Waals surface area contributed by atoms with E-state index in [1.54, 1.807) is 12.1 Å². The second-order valence-electron chi connectivity index (χ2n) is 3.85. The molecule has 8 heteroatoms. The number of carbonyl (C=O) groups excluding carboxylic acids is 1. The molecule has 0 spiro atoms. The third kappa shape index (κ3) is 4.96. The SMILES string of the molecule is COc1c(N)cccc1C(=O)NCCOCC(F)(F)F. The van der Waals surface area contributed by atoms with E-state index >= 15 is 0 Å². The summed E-state index contributed by atoms with van der Waals surface area (Å²) in [5, 5.41) is 2.42. The predicted molar refractivity (Wildman–Crippen MR) is 66.6 cm³/mol. The monoisotopic (exact) mass is 292 g/mol. The largest absolute Gasteiger partial charge is 0.494 e. The zero-order valence-electron chi connectivity index (χ0n) is 10.8. The topological polar surface area (TPSA) is 73.6 Å². The molecule has 0 unspecified atom stereocenters. The van der Waals surface area contributed by atoms with E-state index < -0.39 is 18.7 Å². The number of methoxy groups -OCH3 is 1. The summed E-state index contributed by atoms with van der Waals surface area (Å²) >= 11 is 0. The third-order valence-electron chi connectivity index (χ3n) is 2.29. The highest BCUT2D eigenvalue weighted by atomic mass is 19.4. The van der Waals surface area contributed by atoms with E-state index in [9.17, 15) is 18.0 Å². The van der Waals surface area contributed by atoms with Gasteiger partial charge in [-0.1, -0.05) is 6.07 Å². The van der Waals surface area contributed by atoms with Crippen LogP contribution in [0.5, 0.6) is 5.75 Å². The Morgan fingerprint density at radius 3 is 2.70 bits per heavy atom. The molecule has 0 saturated heterocycles. The summed E-state index contributed by atoms with van der Waals surface area (Å²) in [6.45, 7) is -1.63. The van der Waals surface area contributed by atoms with Gasteiger partial charge in [-0.25, -0.2) is 0 Å². The van der Waals surface area contributed by atoms with Crippen LogP contribution in [-0.2, 0) is 4.74 Å². The fourth-order valence-corrected chi connectivity index (χ4v) is 1.48. The fourth-order valence-electron chi connectivity index (χ4n) is 1.48. The Hall–Kier alpha value is -1.96. The van der Waals surface area contributed by atoms with Gasteiger partial charge in [0.05, 0.1) is 25.0 Å². The molecule has 0 heterocycles. The highest BCUT2D eigenvalue weighted by Gasteiger charge is 2.27. The second kappa shape index (κ2) is 6.99. The lowest BCUT2D eigenvalue weighted by atomic mass is 10.1. The Kier molecular flexibility index (Phi) is 5.63. The molecular formula is C12H15F3N2O3. The minimum atomic E-state index is -4.37. The zero-order valence-corrected chi connectivity index (χ0v) is 10.8. The third-order valence-corrected chi connectivity index (χ3v) is 2.29. The molecule has 0 aliphatic heterocycles. The van der Waals surface area contributed by atoms with E-state index in [0.717, 1.165) is 0 Å². The molecule has 0 aliphatic carbocycles. The van der Waals surface area contributed by atoms with E-state index in [-0.39, 0.29) is 24.5 Å². The molecule has 0 aliphatic rings. The maximum atomic E-state index is 11.8.